The van der Waals surface area contributed by atoms with Crippen molar-refractivity contribution >= 4 is 21.8 Å². The highest BCUT2D eigenvalue weighted by Gasteiger charge is 2.16. The van der Waals surface area contributed by atoms with Crippen LogP contribution in [-0.4, -0.2) is 29.9 Å². The van der Waals surface area contributed by atoms with E-state index in [1.807, 2.05) is 48.8 Å². The van der Waals surface area contributed by atoms with Crippen LogP contribution < -0.4 is 0 Å². The third-order valence-corrected chi connectivity index (χ3v) is 7.58. The molecule has 0 aliphatic heterocycles. The van der Waals surface area contributed by atoms with Crippen LogP contribution >= 0.6 is 0 Å². The van der Waals surface area contributed by atoms with Gasteiger partial charge < -0.3 is 9.97 Å². The van der Waals surface area contributed by atoms with Gasteiger partial charge in [-0.15, -0.1) is 0 Å². The first kappa shape index (κ1) is 24.0. The molecule has 0 bridgehead atoms. The summed E-state index contributed by atoms with van der Waals surface area (Å²) in [6, 6.07) is 37.3. The number of H-pyrrole nitrogens is 2. The number of aromatic amines is 2. The monoisotopic (exact) mass is 540 g/mol. The van der Waals surface area contributed by atoms with E-state index in [1.165, 1.54) is 0 Å². The van der Waals surface area contributed by atoms with Crippen LogP contribution in [0.1, 0.15) is 0 Å². The largest absolute Gasteiger partial charge is 0.353 e. The van der Waals surface area contributed by atoms with Crippen molar-refractivity contribution in [2.24, 2.45) is 0 Å². The Morgan fingerprint density at radius 2 is 0.762 bits per heavy atom. The van der Waals surface area contributed by atoms with Crippen molar-refractivity contribution < 1.29 is 0 Å². The maximum atomic E-state index is 5.05. The van der Waals surface area contributed by atoms with E-state index >= 15 is 0 Å². The van der Waals surface area contributed by atoms with Gasteiger partial charge in [0.25, 0.3) is 0 Å². The highest BCUT2D eigenvalue weighted by atomic mass is 14.9. The molecule has 0 fully saturated rings. The fraction of sp³-hybridized carbons (Fsp3) is 0. The number of benzene rings is 4. The van der Waals surface area contributed by atoms with Gasteiger partial charge in [-0.05, 0) is 35.4 Å². The minimum Gasteiger partial charge on any atom is -0.353 e. The second kappa shape index (κ2) is 9.94. The quantitative estimate of drug-likeness (QED) is 0.229. The normalized spacial score (nSPS) is 11.3. The molecule has 8 aromatic rings. The van der Waals surface area contributed by atoms with Crippen LogP contribution in [0.2, 0.25) is 0 Å². The molecule has 42 heavy (non-hydrogen) atoms. The van der Waals surface area contributed by atoms with E-state index in [0.29, 0.717) is 0 Å². The molecule has 0 aliphatic rings. The van der Waals surface area contributed by atoms with Crippen molar-refractivity contribution in [2.75, 3.05) is 0 Å². The summed E-state index contributed by atoms with van der Waals surface area (Å²) in [6.45, 7) is 0. The predicted octanol–water partition coefficient (Wildman–Crippen LogP) is 8.56. The van der Waals surface area contributed by atoms with Gasteiger partial charge in [-0.25, -0.2) is 9.97 Å². The molecule has 0 saturated heterocycles. The van der Waals surface area contributed by atoms with Crippen LogP contribution in [0.3, 0.4) is 0 Å². The molecule has 0 amide bonds. The van der Waals surface area contributed by atoms with Crippen LogP contribution in [0.4, 0.5) is 0 Å². The van der Waals surface area contributed by atoms with E-state index in [0.717, 1.165) is 78.2 Å². The van der Waals surface area contributed by atoms with Crippen molar-refractivity contribution in [3.05, 3.63) is 134 Å². The number of hydrogen-bond acceptors (Lipinski definition) is 4. The molecule has 8 rings (SSSR count). The number of para-hydroxylation sites is 2. The van der Waals surface area contributed by atoms with E-state index < -0.39 is 0 Å². The highest BCUT2D eigenvalue weighted by Crippen LogP contribution is 2.37. The Balaban J connectivity index is 1.22. The first-order valence-corrected chi connectivity index (χ1v) is 13.8. The molecule has 2 N–H and O–H groups in total. The standard InChI is InChI=1S/C36H24N6/c1-7-15-29-23(9-1)17-31(39-29)35-21-37-19-33(41-35)27-13-5-3-11-25(27)26-12-4-6-14-28(26)34-20-38-22-36(42-34)32-18-24-10-2-8-16-30(24)40-32/h1-22,39-40H. The molecule has 0 aliphatic carbocycles. The zero-order valence-corrected chi connectivity index (χ0v) is 22.5. The number of hydrogen-bond donors (Lipinski definition) is 2. The fourth-order valence-electron chi connectivity index (χ4n) is 5.56. The molecule has 198 valence electrons. The minimum absolute atomic E-state index is 0.795. The Morgan fingerprint density at radius 1 is 0.381 bits per heavy atom. The Kier molecular flexibility index (Phi) is 5.67. The molecule has 4 aromatic carbocycles. The smallest absolute Gasteiger partial charge is 0.105 e. The number of aromatic nitrogens is 6. The van der Waals surface area contributed by atoms with Crippen molar-refractivity contribution in [1.82, 2.24) is 29.9 Å². The average molecular weight is 541 g/mol. The molecule has 4 heterocycles. The highest BCUT2D eigenvalue weighted by molar-refractivity contribution is 5.91. The fourth-order valence-corrected chi connectivity index (χ4v) is 5.56. The molecule has 6 nitrogen and oxygen atoms in total. The van der Waals surface area contributed by atoms with Crippen molar-refractivity contribution in [3.63, 3.8) is 0 Å². The zero-order valence-electron chi connectivity index (χ0n) is 22.5. The third kappa shape index (κ3) is 4.22. The molecule has 0 saturated carbocycles. The van der Waals surface area contributed by atoms with Crippen LogP contribution in [-0.2, 0) is 0 Å². The minimum atomic E-state index is 0.795. The Hall–Kier alpha value is -5.88. The summed E-state index contributed by atoms with van der Waals surface area (Å²) in [5, 5.41) is 2.29. The van der Waals surface area contributed by atoms with Gasteiger partial charge >= 0.3 is 0 Å². The van der Waals surface area contributed by atoms with Gasteiger partial charge in [-0.1, -0.05) is 84.9 Å². The third-order valence-electron chi connectivity index (χ3n) is 7.58. The van der Waals surface area contributed by atoms with E-state index in [4.69, 9.17) is 9.97 Å². The molecule has 4 aromatic heterocycles. The van der Waals surface area contributed by atoms with Crippen LogP contribution in [0.25, 0.3) is 78.2 Å². The summed E-state index contributed by atoms with van der Waals surface area (Å²) in [6.07, 6.45) is 7.25. The molecule has 0 radical (unpaired) electrons. The first-order chi connectivity index (χ1) is 20.8. The second-order valence-corrected chi connectivity index (χ2v) is 10.2. The molecule has 0 unspecified atom stereocenters. The lowest BCUT2D eigenvalue weighted by molar-refractivity contribution is 1.19. The maximum Gasteiger partial charge on any atom is 0.105 e. The van der Waals surface area contributed by atoms with Crippen LogP contribution in [0.5, 0.6) is 0 Å². The van der Waals surface area contributed by atoms with E-state index in [-0.39, 0.29) is 0 Å². The van der Waals surface area contributed by atoms with Gasteiger partial charge in [0.1, 0.15) is 11.4 Å². The number of nitrogens with zero attached hydrogens (tertiary/aromatic N) is 4. The van der Waals surface area contributed by atoms with Crippen molar-refractivity contribution in [2.45, 2.75) is 0 Å². The summed E-state index contributed by atoms with van der Waals surface area (Å²) in [7, 11) is 0. The van der Waals surface area contributed by atoms with E-state index in [2.05, 4.69) is 92.7 Å². The average Bonchev–Trinajstić information content (AvgIpc) is 3.70. The van der Waals surface area contributed by atoms with Gasteiger partial charge in [0.05, 0.1) is 47.6 Å². The molecule has 6 heteroatoms. The number of nitrogens with one attached hydrogen (secondary N) is 2. The van der Waals surface area contributed by atoms with Gasteiger partial charge in [-0.2, -0.15) is 0 Å². The SMILES string of the molecule is c1ccc(-c2ccccc2-c2cncc(-c3cc4ccccc4[nH]3)n2)c(-c2cncc(-c3cc4ccccc4[nH]3)n2)c1. The van der Waals surface area contributed by atoms with E-state index in [9.17, 15) is 0 Å². The number of fused-ring (bicyclic) bond motifs is 2. The van der Waals surface area contributed by atoms with Crippen LogP contribution in [0, 0.1) is 0 Å². The van der Waals surface area contributed by atoms with Gasteiger partial charge in [-0.3, -0.25) is 9.97 Å². The van der Waals surface area contributed by atoms with Gasteiger partial charge in [0.15, 0.2) is 0 Å². The lowest BCUT2D eigenvalue weighted by Crippen LogP contribution is -1.95. The summed E-state index contributed by atoms with van der Waals surface area (Å²) >= 11 is 0. The summed E-state index contributed by atoms with van der Waals surface area (Å²) < 4.78 is 0. The molecule has 0 atom stereocenters. The Labute approximate surface area is 241 Å². The lowest BCUT2D eigenvalue weighted by Gasteiger charge is -2.14. The summed E-state index contributed by atoms with van der Waals surface area (Å²) in [5.74, 6) is 0. The Bertz CT molecular complexity index is 2000. The van der Waals surface area contributed by atoms with Crippen molar-refractivity contribution in [3.8, 4) is 56.4 Å². The summed E-state index contributed by atoms with van der Waals surface area (Å²) in [5.41, 5.74) is 11.3. The topological polar surface area (TPSA) is 83.1 Å². The summed E-state index contributed by atoms with van der Waals surface area (Å²) in [4.78, 5) is 26.2. The molecule has 0 spiro atoms. The lowest BCUT2D eigenvalue weighted by atomic mass is 9.93. The molecular weight excluding hydrogens is 516 g/mol. The number of rotatable bonds is 5. The first-order valence-electron chi connectivity index (χ1n) is 13.8. The second-order valence-electron chi connectivity index (χ2n) is 10.2. The van der Waals surface area contributed by atoms with Crippen LogP contribution in [0.15, 0.2) is 134 Å². The Morgan fingerprint density at radius 3 is 1.21 bits per heavy atom. The van der Waals surface area contributed by atoms with E-state index in [1.54, 1.807) is 12.4 Å². The van der Waals surface area contributed by atoms with Gasteiger partial charge in [0, 0.05) is 32.9 Å². The maximum absolute atomic E-state index is 5.05. The molecular formula is C36H24N6. The predicted molar refractivity (Wildman–Crippen MR) is 169 cm³/mol. The van der Waals surface area contributed by atoms with Crippen molar-refractivity contribution in [1.29, 1.82) is 0 Å². The zero-order chi connectivity index (χ0) is 27.9. The van der Waals surface area contributed by atoms with Gasteiger partial charge in [0.2, 0.25) is 0 Å².